The van der Waals surface area contributed by atoms with E-state index < -0.39 is 0 Å². The summed E-state index contributed by atoms with van der Waals surface area (Å²) in [6, 6.07) is 7.86. The van der Waals surface area contributed by atoms with Crippen molar-refractivity contribution in [2.45, 2.75) is 19.8 Å². The molecule has 0 bridgehead atoms. The number of rotatable bonds is 4. The molecule has 0 spiro atoms. The minimum Gasteiger partial charge on any atom is -0.312 e. The van der Waals surface area contributed by atoms with Crippen molar-refractivity contribution in [2.24, 2.45) is 5.92 Å². The SMILES string of the molecule is CCc1ccc(N2CC(C(=O)NOC)CC2=O)cc1. The smallest absolute Gasteiger partial charge is 0.248 e. The molecule has 1 atom stereocenters. The molecular weight excluding hydrogens is 244 g/mol. The molecule has 1 aliphatic heterocycles. The predicted octanol–water partition coefficient (Wildman–Crippen LogP) is 1.28. The summed E-state index contributed by atoms with van der Waals surface area (Å²) in [5.41, 5.74) is 4.35. The van der Waals surface area contributed by atoms with Gasteiger partial charge in [0.1, 0.15) is 0 Å². The predicted molar refractivity (Wildman–Crippen MR) is 71.4 cm³/mol. The first kappa shape index (κ1) is 13.5. The molecule has 0 aliphatic carbocycles. The Morgan fingerprint density at radius 2 is 2.11 bits per heavy atom. The number of hydroxylamine groups is 1. The number of nitrogens with one attached hydrogen (secondary N) is 1. The maximum atomic E-state index is 12.0. The Morgan fingerprint density at radius 1 is 1.42 bits per heavy atom. The van der Waals surface area contributed by atoms with Crippen LogP contribution in [0.2, 0.25) is 0 Å². The van der Waals surface area contributed by atoms with Gasteiger partial charge in [0.05, 0.1) is 13.0 Å². The zero-order chi connectivity index (χ0) is 13.8. The van der Waals surface area contributed by atoms with Crippen LogP contribution in [0.4, 0.5) is 5.69 Å². The highest BCUT2D eigenvalue weighted by molar-refractivity contribution is 6.00. The lowest BCUT2D eigenvalue weighted by atomic mass is 10.1. The molecule has 1 unspecified atom stereocenters. The van der Waals surface area contributed by atoms with Gasteiger partial charge in [-0.3, -0.25) is 14.4 Å². The zero-order valence-electron chi connectivity index (χ0n) is 11.2. The van der Waals surface area contributed by atoms with Crippen LogP contribution in [0.1, 0.15) is 18.9 Å². The lowest BCUT2D eigenvalue weighted by Gasteiger charge is -2.16. The second kappa shape index (κ2) is 5.84. The molecule has 2 amide bonds. The summed E-state index contributed by atoms with van der Waals surface area (Å²) in [7, 11) is 1.38. The zero-order valence-corrected chi connectivity index (χ0v) is 11.2. The maximum absolute atomic E-state index is 12.0. The maximum Gasteiger partial charge on any atom is 0.248 e. The van der Waals surface area contributed by atoms with E-state index in [1.165, 1.54) is 12.7 Å². The third-order valence-corrected chi connectivity index (χ3v) is 3.35. The van der Waals surface area contributed by atoms with E-state index >= 15 is 0 Å². The third-order valence-electron chi connectivity index (χ3n) is 3.35. The molecule has 1 saturated heterocycles. The first-order valence-electron chi connectivity index (χ1n) is 6.37. The molecule has 1 fully saturated rings. The van der Waals surface area contributed by atoms with Crippen molar-refractivity contribution in [2.75, 3.05) is 18.6 Å². The number of anilines is 1. The molecule has 102 valence electrons. The largest absolute Gasteiger partial charge is 0.312 e. The first-order valence-corrected chi connectivity index (χ1v) is 6.37. The second-order valence-electron chi connectivity index (χ2n) is 4.60. The van der Waals surface area contributed by atoms with E-state index in [1.54, 1.807) is 4.90 Å². The van der Waals surface area contributed by atoms with Gasteiger partial charge < -0.3 is 4.90 Å². The Labute approximate surface area is 112 Å². The number of carbonyl (C=O) groups excluding carboxylic acids is 2. The van der Waals surface area contributed by atoms with E-state index in [2.05, 4.69) is 17.2 Å². The fraction of sp³-hybridized carbons (Fsp3) is 0.429. The Kier molecular flexibility index (Phi) is 4.16. The summed E-state index contributed by atoms with van der Waals surface area (Å²) in [5, 5.41) is 0. The molecule has 2 rings (SSSR count). The van der Waals surface area contributed by atoms with Crippen LogP contribution in [0, 0.1) is 5.92 Å². The van der Waals surface area contributed by atoms with Gasteiger partial charge in [-0.25, -0.2) is 5.48 Å². The molecular formula is C14H18N2O3. The van der Waals surface area contributed by atoms with Crippen molar-refractivity contribution in [3.8, 4) is 0 Å². The molecule has 0 saturated carbocycles. The van der Waals surface area contributed by atoms with Crippen LogP contribution in [0.25, 0.3) is 0 Å². The lowest BCUT2D eigenvalue weighted by Crippen LogP contribution is -2.32. The van der Waals surface area contributed by atoms with E-state index in [0.717, 1.165) is 12.1 Å². The average molecular weight is 262 g/mol. The van der Waals surface area contributed by atoms with Gasteiger partial charge in [0, 0.05) is 18.7 Å². The molecule has 1 N–H and O–H groups in total. The monoisotopic (exact) mass is 262 g/mol. The number of amides is 2. The van der Waals surface area contributed by atoms with E-state index in [9.17, 15) is 9.59 Å². The molecule has 1 heterocycles. The summed E-state index contributed by atoms with van der Waals surface area (Å²) in [6.45, 7) is 2.49. The highest BCUT2D eigenvalue weighted by Crippen LogP contribution is 2.25. The summed E-state index contributed by atoms with van der Waals surface area (Å²) < 4.78 is 0. The van der Waals surface area contributed by atoms with Crippen molar-refractivity contribution < 1.29 is 14.4 Å². The van der Waals surface area contributed by atoms with E-state index in [4.69, 9.17) is 0 Å². The third kappa shape index (κ3) is 2.93. The van der Waals surface area contributed by atoms with Gasteiger partial charge in [0.2, 0.25) is 11.8 Å². The number of hydrogen-bond donors (Lipinski definition) is 1. The second-order valence-corrected chi connectivity index (χ2v) is 4.60. The fourth-order valence-corrected chi connectivity index (χ4v) is 2.23. The van der Waals surface area contributed by atoms with E-state index in [-0.39, 0.29) is 24.2 Å². The fourth-order valence-electron chi connectivity index (χ4n) is 2.23. The Balaban J connectivity index is 2.08. The van der Waals surface area contributed by atoms with E-state index in [0.29, 0.717) is 6.54 Å². The van der Waals surface area contributed by atoms with Crippen molar-refractivity contribution in [3.63, 3.8) is 0 Å². The number of benzene rings is 1. The van der Waals surface area contributed by atoms with Crippen molar-refractivity contribution in [3.05, 3.63) is 29.8 Å². The van der Waals surface area contributed by atoms with Crippen LogP contribution in [0.15, 0.2) is 24.3 Å². The van der Waals surface area contributed by atoms with Gasteiger partial charge in [-0.15, -0.1) is 0 Å². The molecule has 1 aliphatic rings. The average Bonchev–Trinajstić information content (AvgIpc) is 2.81. The quantitative estimate of drug-likeness (QED) is 0.832. The molecule has 0 aromatic heterocycles. The van der Waals surface area contributed by atoms with Crippen LogP contribution in [0.3, 0.4) is 0 Å². The molecule has 0 radical (unpaired) electrons. The Morgan fingerprint density at radius 3 is 2.68 bits per heavy atom. The normalized spacial score (nSPS) is 18.7. The summed E-state index contributed by atoms with van der Waals surface area (Å²) in [4.78, 5) is 29.9. The summed E-state index contributed by atoms with van der Waals surface area (Å²) >= 11 is 0. The summed E-state index contributed by atoms with van der Waals surface area (Å²) in [6.07, 6.45) is 1.19. The number of aryl methyl sites for hydroxylation is 1. The van der Waals surface area contributed by atoms with Crippen molar-refractivity contribution in [1.82, 2.24) is 5.48 Å². The Bertz CT molecular complexity index is 470. The Hall–Kier alpha value is -1.88. The topological polar surface area (TPSA) is 58.6 Å². The van der Waals surface area contributed by atoms with Crippen LogP contribution < -0.4 is 10.4 Å². The van der Waals surface area contributed by atoms with E-state index in [1.807, 2.05) is 24.3 Å². The standard InChI is InChI=1S/C14H18N2O3/c1-3-10-4-6-12(7-5-10)16-9-11(8-13(16)17)14(18)15-19-2/h4-7,11H,3,8-9H2,1-2H3,(H,15,18). The molecule has 5 heteroatoms. The highest BCUT2D eigenvalue weighted by atomic mass is 16.6. The van der Waals surface area contributed by atoms with Crippen LogP contribution in [-0.4, -0.2) is 25.5 Å². The number of nitrogens with zero attached hydrogens (tertiary/aromatic N) is 1. The number of hydrogen-bond acceptors (Lipinski definition) is 3. The first-order chi connectivity index (χ1) is 9.15. The lowest BCUT2D eigenvalue weighted by molar-refractivity contribution is -0.135. The van der Waals surface area contributed by atoms with Crippen LogP contribution in [0.5, 0.6) is 0 Å². The van der Waals surface area contributed by atoms with Crippen molar-refractivity contribution in [1.29, 1.82) is 0 Å². The minimum absolute atomic E-state index is 0.0273. The van der Waals surface area contributed by atoms with Gasteiger partial charge in [0.15, 0.2) is 0 Å². The minimum atomic E-state index is -0.349. The van der Waals surface area contributed by atoms with Gasteiger partial charge in [0.25, 0.3) is 0 Å². The van der Waals surface area contributed by atoms with Crippen LogP contribution >= 0.6 is 0 Å². The molecule has 19 heavy (non-hydrogen) atoms. The highest BCUT2D eigenvalue weighted by Gasteiger charge is 2.35. The molecule has 1 aromatic carbocycles. The van der Waals surface area contributed by atoms with Crippen LogP contribution in [-0.2, 0) is 20.8 Å². The van der Waals surface area contributed by atoms with Gasteiger partial charge in [-0.1, -0.05) is 19.1 Å². The number of carbonyl (C=O) groups is 2. The van der Waals surface area contributed by atoms with Gasteiger partial charge >= 0.3 is 0 Å². The molecule has 1 aromatic rings. The molecule has 5 nitrogen and oxygen atoms in total. The van der Waals surface area contributed by atoms with Gasteiger partial charge in [-0.2, -0.15) is 0 Å². The van der Waals surface area contributed by atoms with Gasteiger partial charge in [-0.05, 0) is 24.1 Å². The van der Waals surface area contributed by atoms with Crippen molar-refractivity contribution >= 4 is 17.5 Å². The summed E-state index contributed by atoms with van der Waals surface area (Å²) in [5.74, 6) is -0.623.